The predicted octanol–water partition coefficient (Wildman–Crippen LogP) is 1.43. The highest BCUT2D eigenvalue weighted by Crippen LogP contribution is 2.36. The van der Waals surface area contributed by atoms with Crippen LogP contribution in [0.3, 0.4) is 0 Å². The van der Waals surface area contributed by atoms with Gasteiger partial charge in [-0.15, -0.1) is 11.8 Å². The Hall–Kier alpha value is -1.89. The number of fused-ring (bicyclic) bond motifs is 1. The normalized spacial score (nSPS) is 20.8. The van der Waals surface area contributed by atoms with E-state index in [1.807, 2.05) is 0 Å². The standard InChI is InChI=1S/C13H15N3O3S/c14-7-4-10-9(15-12(17)6-19-10)5-8(7)16-13(18)11-2-1-3-20-11/h4-5,11H,1-3,6,14H2,(H,15,17)(H,16,18). The molecule has 4 N–H and O–H groups in total. The quantitative estimate of drug-likeness (QED) is 0.717. The summed E-state index contributed by atoms with van der Waals surface area (Å²) in [4.78, 5) is 23.4. The van der Waals surface area contributed by atoms with E-state index in [9.17, 15) is 9.59 Å². The van der Waals surface area contributed by atoms with Crippen LogP contribution in [0.25, 0.3) is 0 Å². The third-order valence-corrected chi connectivity index (χ3v) is 4.64. The number of carbonyl (C=O) groups is 2. The molecule has 1 saturated heterocycles. The van der Waals surface area contributed by atoms with Crippen LogP contribution < -0.4 is 21.1 Å². The van der Waals surface area contributed by atoms with E-state index >= 15 is 0 Å². The summed E-state index contributed by atoms with van der Waals surface area (Å²) < 4.78 is 5.27. The number of benzene rings is 1. The molecule has 2 aliphatic heterocycles. The molecular formula is C13H15N3O3S. The van der Waals surface area contributed by atoms with Crippen LogP contribution in [0.1, 0.15) is 12.8 Å². The Morgan fingerprint density at radius 3 is 3.10 bits per heavy atom. The van der Waals surface area contributed by atoms with Crippen LogP contribution in [-0.2, 0) is 9.59 Å². The van der Waals surface area contributed by atoms with Gasteiger partial charge in [-0.05, 0) is 24.7 Å². The summed E-state index contributed by atoms with van der Waals surface area (Å²) in [6.45, 7) is -0.0170. The fourth-order valence-corrected chi connectivity index (χ4v) is 3.41. The van der Waals surface area contributed by atoms with Gasteiger partial charge in [-0.2, -0.15) is 0 Å². The molecule has 1 fully saturated rings. The highest BCUT2D eigenvalue weighted by molar-refractivity contribution is 8.00. The van der Waals surface area contributed by atoms with E-state index in [2.05, 4.69) is 10.6 Å². The fourth-order valence-electron chi connectivity index (χ4n) is 2.25. The minimum Gasteiger partial charge on any atom is -0.482 e. The number of hydrogen-bond acceptors (Lipinski definition) is 5. The van der Waals surface area contributed by atoms with Gasteiger partial charge in [-0.1, -0.05) is 0 Å². The first-order valence-corrected chi connectivity index (χ1v) is 7.47. The average molecular weight is 293 g/mol. The molecule has 0 saturated carbocycles. The van der Waals surface area contributed by atoms with Crippen molar-refractivity contribution in [1.29, 1.82) is 0 Å². The van der Waals surface area contributed by atoms with Gasteiger partial charge in [0, 0.05) is 6.07 Å². The molecule has 7 heteroatoms. The van der Waals surface area contributed by atoms with Gasteiger partial charge >= 0.3 is 0 Å². The lowest BCUT2D eigenvalue weighted by Gasteiger charge is -2.20. The lowest BCUT2D eigenvalue weighted by atomic mass is 10.2. The average Bonchev–Trinajstić information content (AvgIpc) is 2.94. The van der Waals surface area contributed by atoms with Gasteiger partial charge in [-0.3, -0.25) is 9.59 Å². The van der Waals surface area contributed by atoms with Crippen LogP contribution >= 0.6 is 11.8 Å². The summed E-state index contributed by atoms with van der Waals surface area (Å²) in [7, 11) is 0. The Kier molecular flexibility index (Phi) is 3.43. The van der Waals surface area contributed by atoms with Crippen LogP contribution in [-0.4, -0.2) is 29.4 Å². The van der Waals surface area contributed by atoms with Crippen molar-refractivity contribution in [1.82, 2.24) is 0 Å². The lowest BCUT2D eigenvalue weighted by Crippen LogP contribution is -2.26. The van der Waals surface area contributed by atoms with Crippen molar-refractivity contribution in [2.24, 2.45) is 0 Å². The second kappa shape index (κ2) is 5.24. The van der Waals surface area contributed by atoms with Gasteiger partial charge in [0.1, 0.15) is 5.75 Å². The van der Waals surface area contributed by atoms with E-state index < -0.39 is 0 Å². The van der Waals surface area contributed by atoms with Crippen molar-refractivity contribution in [2.45, 2.75) is 18.1 Å². The number of amides is 2. The maximum atomic E-state index is 12.1. The predicted molar refractivity (Wildman–Crippen MR) is 79.1 cm³/mol. The number of nitrogen functional groups attached to an aromatic ring is 1. The molecule has 0 aromatic heterocycles. The van der Waals surface area contributed by atoms with Crippen LogP contribution in [0, 0.1) is 0 Å². The molecular weight excluding hydrogens is 278 g/mol. The van der Waals surface area contributed by atoms with Gasteiger partial charge in [-0.25, -0.2) is 0 Å². The van der Waals surface area contributed by atoms with Crippen molar-refractivity contribution in [3.8, 4) is 5.75 Å². The first-order chi connectivity index (χ1) is 9.63. The first kappa shape index (κ1) is 13.1. The summed E-state index contributed by atoms with van der Waals surface area (Å²) in [6.07, 6.45) is 1.95. The summed E-state index contributed by atoms with van der Waals surface area (Å²) in [6, 6.07) is 3.26. The largest absolute Gasteiger partial charge is 0.482 e. The van der Waals surface area contributed by atoms with Crippen LogP contribution in [0.2, 0.25) is 0 Å². The number of hydrogen-bond donors (Lipinski definition) is 3. The van der Waals surface area contributed by atoms with Gasteiger partial charge in [0.05, 0.1) is 22.3 Å². The zero-order valence-corrected chi connectivity index (χ0v) is 11.6. The van der Waals surface area contributed by atoms with E-state index in [0.29, 0.717) is 22.8 Å². The summed E-state index contributed by atoms with van der Waals surface area (Å²) in [5.74, 6) is 1.28. The first-order valence-electron chi connectivity index (χ1n) is 6.42. The van der Waals surface area contributed by atoms with E-state index in [1.165, 1.54) is 0 Å². The third-order valence-electron chi connectivity index (χ3n) is 3.26. The molecule has 0 spiro atoms. The van der Waals surface area contributed by atoms with E-state index in [-0.39, 0.29) is 23.7 Å². The molecule has 1 unspecified atom stereocenters. The zero-order chi connectivity index (χ0) is 14.1. The molecule has 1 aromatic carbocycles. The number of ether oxygens (including phenoxy) is 1. The summed E-state index contributed by atoms with van der Waals surface area (Å²) >= 11 is 1.66. The molecule has 0 bridgehead atoms. The van der Waals surface area contributed by atoms with Crippen molar-refractivity contribution < 1.29 is 14.3 Å². The zero-order valence-electron chi connectivity index (χ0n) is 10.8. The second-order valence-electron chi connectivity index (χ2n) is 4.76. The smallest absolute Gasteiger partial charge is 0.262 e. The minimum atomic E-state index is -0.217. The molecule has 3 rings (SSSR count). The van der Waals surface area contributed by atoms with Crippen molar-refractivity contribution in [3.05, 3.63) is 12.1 Å². The number of thioether (sulfide) groups is 1. The molecule has 0 aliphatic carbocycles. The van der Waals surface area contributed by atoms with Gasteiger partial charge in [0.2, 0.25) is 5.91 Å². The number of rotatable bonds is 2. The Morgan fingerprint density at radius 2 is 2.35 bits per heavy atom. The molecule has 0 radical (unpaired) electrons. The molecule has 1 atom stereocenters. The maximum absolute atomic E-state index is 12.1. The van der Waals surface area contributed by atoms with E-state index in [4.69, 9.17) is 10.5 Å². The SMILES string of the molecule is Nc1cc2c(cc1NC(=O)C1CCCS1)NC(=O)CO2. The van der Waals surface area contributed by atoms with E-state index in [0.717, 1.165) is 18.6 Å². The Balaban J connectivity index is 1.80. The van der Waals surface area contributed by atoms with Crippen molar-refractivity contribution >= 4 is 40.6 Å². The van der Waals surface area contributed by atoms with Crippen molar-refractivity contribution in [2.75, 3.05) is 28.7 Å². The molecule has 2 heterocycles. The second-order valence-corrected chi connectivity index (χ2v) is 6.07. The summed E-state index contributed by atoms with van der Waals surface area (Å²) in [5.41, 5.74) is 7.38. The topological polar surface area (TPSA) is 93.5 Å². The monoisotopic (exact) mass is 293 g/mol. The minimum absolute atomic E-state index is 0.0170. The van der Waals surface area contributed by atoms with Gasteiger partial charge in [0.15, 0.2) is 6.61 Å². The molecule has 2 aliphatic rings. The maximum Gasteiger partial charge on any atom is 0.262 e. The van der Waals surface area contributed by atoms with Crippen LogP contribution in [0.5, 0.6) is 5.75 Å². The van der Waals surface area contributed by atoms with Crippen LogP contribution in [0.4, 0.5) is 17.1 Å². The Bertz CT molecular complexity index is 570. The van der Waals surface area contributed by atoms with Gasteiger partial charge < -0.3 is 21.1 Å². The Labute approximate surface area is 120 Å². The lowest BCUT2D eigenvalue weighted by molar-refractivity contribution is -0.118. The molecule has 1 aromatic rings. The number of nitrogens with two attached hydrogens (primary N) is 1. The number of carbonyl (C=O) groups excluding carboxylic acids is 2. The molecule has 6 nitrogen and oxygen atoms in total. The third kappa shape index (κ3) is 2.53. The molecule has 106 valence electrons. The molecule has 2 amide bonds. The van der Waals surface area contributed by atoms with Crippen LogP contribution in [0.15, 0.2) is 12.1 Å². The van der Waals surface area contributed by atoms with Crippen molar-refractivity contribution in [3.63, 3.8) is 0 Å². The molecule has 20 heavy (non-hydrogen) atoms. The number of anilines is 3. The highest BCUT2D eigenvalue weighted by Gasteiger charge is 2.25. The summed E-state index contributed by atoms with van der Waals surface area (Å²) in [5, 5.41) is 5.50. The highest BCUT2D eigenvalue weighted by atomic mass is 32.2. The fraction of sp³-hybridized carbons (Fsp3) is 0.385. The Morgan fingerprint density at radius 1 is 1.50 bits per heavy atom. The van der Waals surface area contributed by atoms with Gasteiger partial charge in [0.25, 0.3) is 5.91 Å². The number of nitrogens with one attached hydrogen (secondary N) is 2. The van der Waals surface area contributed by atoms with E-state index in [1.54, 1.807) is 23.9 Å².